The minimum Gasteiger partial charge on any atom is -0.394 e. The summed E-state index contributed by atoms with van der Waals surface area (Å²) in [6.07, 6.45) is 9.30. The van der Waals surface area contributed by atoms with Crippen molar-refractivity contribution in [2.45, 2.75) is 70.4 Å². The molecule has 0 aromatic heterocycles. The van der Waals surface area contributed by atoms with Crippen LogP contribution in [0.2, 0.25) is 0 Å². The smallest absolute Gasteiger partial charge is 0.0623 e. The number of nitrogens with one attached hydrogen (secondary N) is 1. The zero-order valence-corrected chi connectivity index (χ0v) is 12.5. The van der Waals surface area contributed by atoms with E-state index >= 15 is 0 Å². The molecule has 0 bridgehead atoms. The van der Waals surface area contributed by atoms with Gasteiger partial charge in [0.2, 0.25) is 0 Å². The quantitative estimate of drug-likeness (QED) is 0.687. The first-order chi connectivity index (χ1) is 8.61. The Hall–Kier alpha value is -0.120. The van der Waals surface area contributed by atoms with Gasteiger partial charge in [-0.25, -0.2) is 0 Å². The van der Waals surface area contributed by atoms with Crippen LogP contribution in [0, 0.1) is 0 Å². The standard InChI is InChI=1S/C15H32N2O/c1-4-11-16-15(2,13-18)12-17(3)14-9-7-5-6-8-10-14/h14,16,18H,4-13H2,1-3H3. The van der Waals surface area contributed by atoms with Crippen LogP contribution in [0.4, 0.5) is 0 Å². The van der Waals surface area contributed by atoms with Gasteiger partial charge in [-0.15, -0.1) is 0 Å². The van der Waals surface area contributed by atoms with E-state index in [9.17, 15) is 5.11 Å². The third kappa shape index (κ3) is 5.25. The number of rotatable bonds is 7. The number of aliphatic hydroxyl groups is 1. The van der Waals surface area contributed by atoms with Gasteiger partial charge in [-0.3, -0.25) is 0 Å². The Kier molecular flexibility index (Phi) is 7.20. The van der Waals surface area contributed by atoms with Crippen molar-refractivity contribution >= 4 is 0 Å². The Morgan fingerprint density at radius 3 is 2.33 bits per heavy atom. The van der Waals surface area contributed by atoms with Gasteiger partial charge < -0.3 is 15.3 Å². The molecule has 0 aromatic rings. The van der Waals surface area contributed by atoms with E-state index < -0.39 is 0 Å². The van der Waals surface area contributed by atoms with Gasteiger partial charge in [0, 0.05) is 12.6 Å². The molecule has 18 heavy (non-hydrogen) atoms. The van der Waals surface area contributed by atoms with Crippen LogP contribution in [-0.4, -0.2) is 48.3 Å². The lowest BCUT2D eigenvalue weighted by molar-refractivity contribution is 0.106. The van der Waals surface area contributed by atoms with E-state index in [2.05, 4.69) is 31.1 Å². The first-order valence-electron chi connectivity index (χ1n) is 7.67. The molecule has 1 aliphatic rings. The highest BCUT2D eigenvalue weighted by molar-refractivity contribution is 4.87. The van der Waals surface area contributed by atoms with Gasteiger partial charge in [0.25, 0.3) is 0 Å². The molecule has 1 unspecified atom stereocenters. The topological polar surface area (TPSA) is 35.5 Å². The van der Waals surface area contributed by atoms with Gasteiger partial charge in [0.1, 0.15) is 0 Å². The molecule has 3 heteroatoms. The van der Waals surface area contributed by atoms with Crippen LogP contribution >= 0.6 is 0 Å². The fourth-order valence-corrected chi connectivity index (χ4v) is 2.97. The van der Waals surface area contributed by atoms with Crippen LogP contribution in [0.1, 0.15) is 58.8 Å². The van der Waals surface area contributed by atoms with Crippen molar-refractivity contribution in [2.75, 3.05) is 26.7 Å². The van der Waals surface area contributed by atoms with E-state index in [-0.39, 0.29) is 12.1 Å². The third-order valence-electron chi connectivity index (χ3n) is 4.20. The summed E-state index contributed by atoms with van der Waals surface area (Å²) in [5.41, 5.74) is -0.156. The minimum absolute atomic E-state index is 0.156. The van der Waals surface area contributed by atoms with Crippen LogP contribution < -0.4 is 5.32 Å². The molecule has 108 valence electrons. The highest BCUT2D eigenvalue weighted by Gasteiger charge is 2.27. The SMILES string of the molecule is CCCNC(C)(CO)CN(C)C1CCCCCC1. The summed E-state index contributed by atoms with van der Waals surface area (Å²) in [5, 5.41) is 13.1. The van der Waals surface area contributed by atoms with Gasteiger partial charge in [0.05, 0.1) is 12.1 Å². The largest absolute Gasteiger partial charge is 0.394 e. The lowest BCUT2D eigenvalue weighted by Gasteiger charge is -2.37. The van der Waals surface area contributed by atoms with Crippen LogP contribution in [0.3, 0.4) is 0 Å². The van der Waals surface area contributed by atoms with E-state index in [0.717, 1.165) is 19.5 Å². The van der Waals surface area contributed by atoms with Crippen molar-refractivity contribution in [3.05, 3.63) is 0 Å². The molecule has 1 fully saturated rings. The third-order valence-corrected chi connectivity index (χ3v) is 4.20. The first-order valence-corrected chi connectivity index (χ1v) is 7.67. The van der Waals surface area contributed by atoms with Crippen molar-refractivity contribution in [1.29, 1.82) is 0 Å². The Balaban J connectivity index is 2.46. The van der Waals surface area contributed by atoms with E-state index in [0.29, 0.717) is 6.04 Å². The molecule has 0 saturated heterocycles. The van der Waals surface area contributed by atoms with E-state index in [1.54, 1.807) is 0 Å². The molecule has 0 aliphatic heterocycles. The zero-order chi connectivity index (χ0) is 13.4. The number of likely N-dealkylation sites (N-methyl/N-ethyl adjacent to an activating group) is 1. The Morgan fingerprint density at radius 2 is 1.83 bits per heavy atom. The van der Waals surface area contributed by atoms with E-state index in [1.165, 1.54) is 38.5 Å². The average Bonchev–Trinajstić information content (AvgIpc) is 2.65. The summed E-state index contributed by atoms with van der Waals surface area (Å²) in [7, 11) is 2.22. The molecule has 1 atom stereocenters. The van der Waals surface area contributed by atoms with Crippen LogP contribution in [0.5, 0.6) is 0 Å². The van der Waals surface area contributed by atoms with Crippen molar-refractivity contribution in [3.63, 3.8) is 0 Å². The highest BCUT2D eigenvalue weighted by atomic mass is 16.3. The fraction of sp³-hybridized carbons (Fsp3) is 1.00. The molecule has 1 saturated carbocycles. The molecule has 1 rings (SSSR count). The lowest BCUT2D eigenvalue weighted by atomic mass is 10.00. The molecule has 0 spiro atoms. The number of hydrogen-bond donors (Lipinski definition) is 2. The minimum atomic E-state index is -0.156. The molecule has 2 N–H and O–H groups in total. The lowest BCUT2D eigenvalue weighted by Crippen LogP contribution is -2.55. The van der Waals surface area contributed by atoms with E-state index in [1.807, 2.05) is 0 Å². The van der Waals surface area contributed by atoms with E-state index in [4.69, 9.17) is 0 Å². The van der Waals surface area contributed by atoms with Gasteiger partial charge in [-0.2, -0.15) is 0 Å². The average molecular weight is 256 g/mol. The molecule has 0 radical (unpaired) electrons. The Labute approximate surface area is 113 Å². The molecule has 0 aromatic carbocycles. The second kappa shape index (κ2) is 8.13. The van der Waals surface area contributed by atoms with Crippen molar-refractivity contribution in [2.24, 2.45) is 0 Å². The summed E-state index contributed by atoms with van der Waals surface area (Å²) >= 11 is 0. The molecule has 1 aliphatic carbocycles. The van der Waals surface area contributed by atoms with Gasteiger partial charge in [-0.05, 0) is 39.8 Å². The molecule has 0 heterocycles. The van der Waals surface area contributed by atoms with Gasteiger partial charge in [0.15, 0.2) is 0 Å². The van der Waals surface area contributed by atoms with Crippen LogP contribution in [0.25, 0.3) is 0 Å². The second-order valence-corrected chi connectivity index (χ2v) is 6.21. The van der Waals surface area contributed by atoms with Crippen molar-refractivity contribution in [1.82, 2.24) is 10.2 Å². The highest BCUT2D eigenvalue weighted by Crippen LogP contribution is 2.22. The second-order valence-electron chi connectivity index (χ2n) is 6.21. The van der Waals surface area contributed by atoms with Gasteiger partial charge >= 0.3 is 0 Å². The predicted molar refractivity (Wildman–Crippen MR) is 77.9 cm³/mol. The summed E-state index contributed by atoms with van der Waals surface area (Å²) in [4.78, 5) is 2.46. The summed E-state index contributed by atoms with van der Waals surface area (Å²) < 4.78 is 0. The van der Waals surface area contributed by atoms with Crippen molar-refractivity contribution in [3.8, 4) is 0 Å². The Bertz CT molecular complexity index is 215. The maximum absolute atomic E-state index is 9.63. The van der Waals surface area contributed by atoms with Crippen LogP contribution in [0.15, 0.2) is 0 Å². The molecule has 0 amide bonds. The summed E-state index contributed by atoms with van der Waals surface area (Å²) in [6.45, 7) is 6.43. The molecular formula is C15H32N2O. The predicted octanol–water partition coefficient (Wildman–Crippen LogP) is 2.39. The van der Waals surface area contributed by atoms with Crippen molar-refractivity contribution < 1.29 is 5.11 Å². The normalized spacial score (nSPS) is 21.8. The van der Waals surface area contributed by atoms with Crippen LogP contribution in [-0.2, 0) is 0 Å². The number of aliphatic hydroxyl groups excluding tert-OH is 1. The fourth-order valence-electron chi connectivity index (χ4n) is 2.97. The first kappa shape index (κ1) is 15.9. The monoisotopic (exact) mass is 256 g/mol. The van der Waals surface area contributed by atoms with Gasteiger partial charge in [-0.1, -0.05) is 32.6 Å². The summed E-state index contributed by atoms with van der Waals surface area (Å²) in [5.74, 6) is 0. The molecular weight excluding hydrogens is 224 g/mol. The number of nitrogens with zero attached hydrogens (tertiary/aromatic N) is 1. The summed E-state index contributed by atoms with van der Waals surface area (Å²) in [6, 6.07) is 0.710. The maximum atomic E-state index is 9.63. The molecule has 3 nitrogen and oxygen atoms in total. The zero-order valence-electron chi connectivity index (χ0n) is 12.5. The number of hydrogen-bond acceptors (Lipinski definition) is 3. The Morgan fingerprint density at radius 1 is 1.22 bits per heavy atom. The maximum Gasteiger partial charge on any atom is 0.0623 e.